The Balaban J connectivity index is 2.93. The number of hydrogen-bond acceptors (Lipinski definition) is 12. The van der Waals surface area contributed by atoms with E-state index in [1.165, 1.54) is 36.0 Å². The number of carbonyl (C=O) groups excluding carboxylic acids is 6. The predicted octanol–water partition coefficient (Wildman–Crippen LogP) is 7.32. The van der Waals surface area contributed by atoms with E-state index in [1.807, 2.05) is 6.92 Å². The molecule has 56 heavy (non-hydrogen) atoms. The van der Waals surface area contributed by atoms with Gasteiger partial charge in [-0.25, -0.2) is 9.59 Å². The van der Waals surface area contributed by atoms with Gasteiger partial charge in [0, 0.05) is 25.5 Å². The van der Waals surface area contributed by atoms with Crippen molar-refractivity contribution in [3.8, 4) is 0 Å². The minimum absolute atomic E-state index is 0.0726. The summed E-state index contributed by atoms with van der Waals surface area (Å²) in [6, 6.07) is -1.14. The summed E-state index contributed by atoms with van der Waals surface area (Å²) in [6.45, 7) is 21.2. The van der Waals surface area contributed by atoms with Crippen molar-refractivity contribution < 1.29 is 43.0 Å². The van der Waals surface area contributed by atoms with Gasteiger partial charge in [-0.15, -0.1) is 11.8 Å². The first kappa shape index (κ1) is 50.9. The van der Waals surface area contributed by atoms with Crippen LogP contribution in [0, 0.1) is 5.92 Å². The molecule has 1 aliphatic heterocycles. The maximum Gasteiger partial charge on any atom is 0.407 e. The number of ether oxygens (including phenoxy) is 3. The van der Waals surface area contributed by atoms with Crippen LogP contribution in [0.5, 0.6) is 0 Å². The van der Waals surface area contributed by atoms with Crippen molar-refractivity contribution in [1.82, 2.24) is 16.0 Å². The van der Waals surface area contributed by atoms with E-state index in [4.69, 9.17) is 14.2 Å². The second kappa shape index (κ2) is 26.0. The molecule has 318 valence electrons. The fourth-order valence-electron chi connectivity index (χ4n) is 5.07. The SMILES string of the molecule is CC=C(NC(=O)C1N=C(CNC(=O)OC(C)(C)C)S[C@@H]1C)C(=O)N[C@H](C(=O)O[C@H](C=CCCSC(=O)CCCCCCC)CC(=O)OCC[Si](C)(C)C)C(C)C. The highest BCUT2D eigenvalue weighted by Gasteiger charge is 2.35. The average Bonchev–Trinajstić information content (AvgIpc) is 3.46. The number of unbranched alkanes of at least 4 members (excludes halogenated alkanes) is 4. The number of nitrogens with zero attached hydrogens (tertiary/aromatic N) is 1. The second-order valence-electron chi connectivity index (χ2n) is 16.3. The van der Waals surface area contributed by atoms with E-state index in [1.54, 1.807) is 53.7 Å². The van der Waals surface area contributed by atoms with Gasteiger partial charge in [-0.2, -0.15) is 0 Å². The lowest BCUT2D eigenvalue weighted by Crippen LogP contribution is -2.49. The number of aliphatic imine (C=N–C) groups is 1. The number of carbonyl (C=O) groups is 6. The summed E-state index contributed by atoms with van der Waals surface area (Å²) in [5.41, 5.74) is -0.731. The summed E-state index contributed by atoms with van der Waals surface area (Å²) >= 11 is 2.61. The maximum atomic E-state index is 13.6. The molecule has 3 amide bonds. The summed E-state index contributed by atoms with van der Waals surface area (Å²) in [6.07, 6.45) is 9.57. The maximum absolute atomic E-state index is 13.6. The molecule has 3 N–H and O–H groups in total. The van der Waals surface area contributed by atoms with Gasteiger partial charge in [-0.1, -0.05) is 96.9 Å². The molecule has 0 aromatic rings. The highest BCUT2D eigenvalue weighted by atomic mass is 32.2. The van der Waals surface area contributed by atoms with E-state index in [-0.39, 0.29) is 35.6 Å². The zero-order valence-electron chi connectivity index (χ0n) is 35.5. The zero-order valence-corrected chi connectivity index (χ0v) is 38.2. The third-order valence-corrected chi connectivity index (χ3v) is 12.1. The van der Waals surface area contributed by atoms with Gasteiger partial charge in [-0.05, 0) is 58.6 Å². The Hall–Kier alpha value is -3.11. The molecule has 0 aliphatic carbocycles. The van der Waals surface area contributed by atoms with E-state index >= 15 is 0 Å². The summed E-state index contributed by atoms with van der Waals surface area (Å²) in [4.78, 5) is 81.9. The molecule has 1 heterocycles. The molecule has 0 aromatic heterocycles. The van der Waals surface area contributed by atoms with Gasteiger partial charge in [0.05, 0.1) is 24.6 Å². The van der Waals surface area contributed by atoms with E-state index in [0.29, 0.717) is 23.6 Å². The van der Waals surface area contributed by atoms with Gasteiger partial charge in [0.1, 0.15) is 29.5 Å². The van der Waals surface area contributed by atoms with Crippen molar-refractivity contribution in [3.63, 3.8) is 0 Å². The van der Waals surface area contributed by atoms with Gasteiger partial charge in [-0.3, -0.25) is 24.2 Å². The molecule has 4 atom stereocenters. The first-order valence-corrected chi connectivity index (χ1v) is 25.4. The largest absolute Gasteiger partial charge is 0.466 e. The highest BCUT2D eigenvalue weighted by Crippen LogP contribution is 2.27. The van der Waals surface area contributed by atoms with E-state index in [0.717, 1.165) is 31.7 Å². The zero-order chi connectivity index (χ0) is 42.5. The van der Waals surface area contributed by atoms with Crippen LogP contribution in [0.2, 0.25) is 25.7 Å². The van der Waals surface area contributed by atoms with Crippen LogP contribution in [0.4, 0.5) is 4.79 Å². The number of alkyl carbamates (subject to hydrolysis) is 1. The number of esters is 2. The minimum atomic E-state index is -1.44. The summed E-state index contributed by atoms with van der Waals surface area (Å²) in [7, 11) is -1.44. The Labute approximate surface area is 344 Å². The standard InChI is InChI=1S/C40H68N4O9S2Si/c1-12-14-15-16-17-21-33(46)54-23-19-18-20-29(25-32(45)51-22-24-56(9,10)11)52-38(49)34(27(3)4)44-36(47)30(13-2)42-37(48)35-28(5)55-31(43-35)26-41-39(50)53-40(6,7)8/h13,18,20,27-29,34-35H,12,14-17,19,21-26H2,1-11H3,(H,41,50)(H,42,48)(H,44,47)/t28-,29-,34+,35?/m1/s1. The molecule has 0 radical (unpaired) electrons. The predicted molar refractivity (Wildman–Crippen MR) is 229 cm³/mol. The summed E-state index contributed by atoms with van der Waals surface area (Å²) in [5.74, 6) is -2.33. The number of amides is 3. The number of hydrogen-bond donors (Lipinski definition) is 3. The van der Waals surface area contributed by atoms with Crippen molar-refractivity contribution >= 4 is 71.6 Å². The molecular weight excluding hydrogens is 773 g/mol. The van der Waals surface area contributed by atoms with Gasteiger partial charge in [0.2, 0.25) is 5.91 Å². The van der Waals surface area contributed by atoms with Gasteiger partial charge in [0.15, 0.2) is 5.12 Å². The summed E-state index contributed by atoms with van der Waals surface area (Å²) < 4.78 is 16.5. The van der Waals surface area contributed by atoms with E-state index < -0.39 is 67.6 Å². The van der Waals surface area contributed by atoms with Gasteiger partial charge < -0.3 is 30.2 Å². The van der Waals surface area contributed by atoms with Crippen LogP contribution in [0.15, 0.2) is 28.9 Å². The van der Waals surface area contributed by atoms with Gasteiger partial charge in [0.25, 0.3) is 5.91 Å². The quantitative estimate of drug-likeness (QED) is 0.0222. The highest BCUT2D eigenvalue weighted by molar-refractivity contribution is 8.14. The smallest absolute Gasteiger partial charge is 0.407 e. The Morgan fingerprint density at radius 3 is 2.32 bits per heavy atom. The Kier molecular flexibility index (Phi) is 23.6. The third-order valence-electron chi connectivity index (χ3n) is 8.23. The second-order valence-corrected chi connectivity index (χ2v) is 24.6. The van der Waals surface area contributed by atoms with Crippen LogP contribution in [0.1, 0.15) is 107 Å². The molecule has 0 bridgehead atoms. The van der Waals surface area contributed by atoms with Crippen LogP contribution in [0.3, 0.4) is 0 Å². The first-order chi connectivity index (χ1) is 26.1. The number of allylic oxidation sites excluding steroid dienone is 2. The van der Waals surface area contributed by atoms with Crippen LogP contribution >= 0.6 is 23.5 Å². The molecule has 1 rings (SSSR count). The summed E-state index contributed by atoms with van der Waals surface area (Å²) in [5, 5.41) is 8.38. The van der Waals surface area contributed by atoms with Crippen LogP contribution in [0.25, 0.3) is 0 Å². The number of nitrogens with one attached hydrogen (secondary N) is 3. The fourth-order valence-corrected chi connectivity index (χ4v) is 7.63. The monoisotopic (exact) mass is 840 g/mol. The molecular formula is C40H68N4O9S2Si. The lowest BCUT2D eigenvalue weighted by Gasteiger charge is -2.24. The van der Waals surface area contributed by atoms with E-state index in [9.17, 15) is 28.8 Å². The van der Waals surface area contributed by atoms with E-state index in [2.05, 4.69) is 47.5 Å². The molecule has 1 unspecified atom stereocenters. The molecule has 0 saturated heterocycles. The molecule has 0 fully saturated rings. The fraction of sp³-hybridized carbons (Fsp3) is 0.725. The van der Waals surface area contributed by atoms with Crippen LogP contribution in [-0.4, -0.2) is 96.0 Å². The van der Waals surface area contributed by atoms with Gasteiger partial charge >= 0.3 is 18.0 Å². The minimum Gasteiger partial charge on any atom is -0.466 e. The first-order valence-electron chi connectivity index (χ1n) is 19.8. The molecule has 0 spiro atoms. The molecule has 16 heteroatoms. The van der Waals surface area contributed by atoms with Crippen LogP contribution < -0.4 is 16.0 Å². The molecule has 13 nitrogen and oxygen atoms in total. The Morgan fingerprint density at radius 1 is 1.04 bits per heavy atom. The van der Waals surface area contributed by atoms with Crippen molar-refractivity contribution in [2.75, 3.05) is 18.9 Å². The van der Waals surface area contributed by atoms with Crippen molar-refractivity contribution in [3.05, 3.63) is 23.9 Å². The molecule has 0 aromatic carbocycles. The average molecular weight is 841 g/mol. The topological polar surface area (TPSA) is 179 Å². The Bertz CT molecular complexity index is 1410. The van der Waals surface area contributed by atoms with Crippen LogP contribution in [-0.2, 0) is 38.2 Å². The van der Waals surface area contributed by atoms with Crippen molar-refractivity contribution in [1.29, 1.82) is 0 Å². The number of thioether (sulfide) groups is 2. The molecule has 0 saturated carbocycles. The third kappa shape index (κ3) is 22.6. The van der Waals surface area contributed by atoms with Crippen molar-refractivity contribution in [2.24, 2.45) is 10.9 Å². The lowest BCUT2D eigenvalue weighted by atomic mass is 10.0. The Morgan fingerprint density at radius 2 is 1.71 bits per heavy atom. The lowest BCUT2D eigenvalue weighted by molar-refractivity contribution is -0.156. The molecule has 1 aliphatic rings. The van der Waals surface area contributed by atoms with Crippen molar-refractivity contribution in [2.45, 2.75) is 161 Å². The number of rotatable bonds is 24. The normalized spacial score (nSPS) is 17.2.